The third-order valence-corrected chi connectivity index (χ3v) is 4.13. The van der Waals surface area contributed by atoms with Gasteiger partial charge < -0.3 is 19.7 Å². The standard InChI is InChI=1S/C17H24N2O4/c1-11(18-12(2)20)17(21)19-9-5-6-15(19)14-8-7-13(22-3)10-16(14)23-4/h7-8,10-11,15H,5-6,9H2,1-4H3,(H,18,20). The van der Waals surface area contributed by atoms with Crippen molar-refractivity contribution in [1.29, 1.82) is 0 Å². The lowest BCUT2D eigenvalue weighted by Gasteiger charge is -2.29. The summed E-state index contributed by atoms with van der Waals surface area (Å²) in [5.41, 5.74) is 0.967. The number of likely N-dealkylation sites (tertiary alicyclic amines) is 1. The Morgan fingerprint density at radius 3 is 2.65 bits per heavy atom. The van der Waals surface area contributed by atoms with E-state index in [1.807, 2.05) is 23.1 Å². The number of nitrogens with zero attached hydrogens (tertiary/aromatic N) is 1. The molecule has 1 saturated heterocycles. The van der Waals surface area contributed by atoms with E-state index in [9.17, 15) is 9.59 Å². The van der Waals surface area contributed by atoms with E-state index in [1.54, 1.807) is 21.1 Å². The number of carbonyl (C=O) groups excluding carboxylic acids is 2. The lowest BCUT2D eigenvalue weighted by molar-refractivity contribution is -0.136. The third-order valence-electron chi connectivity index (χ3n) is 4.13. The highest BCUT2D eigenvalue weighted by atomic mass is 16.5. The molecule has 6 nitrogen and oxygen atoms in total. The third kappa shape index (κ3) is 3.75. The van der Waals surface area contributed by atoms with E-state index < -0.39 is 6.04 Å². The SMILES string of the molecule is COc1ccc(C2CCCN2C(=O)C(C)NC(C)=O)c(OC)c1. The minimum Gasteiger partial charge on any atom is -0.497 e. The zero-order chi connectivity index (χ0) is 17.0. The normalized spacial score (nSPS) is 18.4. The van der Waals surface area contributed by atoms with Crippen LogP contribution in [-0.2, 0) is 9.59 Å². The monoisotopic (exact) mass is 320 g/mol. The van der Waals surface area contributed by atoms with Crippen LogP contribution in [-0.4, -0.2) is 43.5 Å². The summed E-state index contributed by atoms with van der Waals surface area (Å²) in [6.07, 6.45) is 1.81. The van der Waals surface area contributed by atoms with Gasteiger partial charge in [0.2, 0.25) is 11.8 Å². The highest BCUT2D eigenvalue weighted by molar-refractivity contribution is 5.87. The largest absolute Gasteiger partial charge is 0.497 e. The maximum atomic E-state index is 12.6. The van der Waals surface area contributed by atoms with Crippen LogP contribution in [0.1, 0.15) is 38.3 Å². The molecule has 0 aromatic heterocycles. The van der Waals surface area contributed by atoms with E-state index >= 15 is 0 Å². The Labute approximate surface area is 136 Å². The summed E-state index contributed by atoms with van der Waals surface area (Å²) >= 11 is 0. The minimum absolute atomic E-state index is 0.0421. The molecule has 1 aliphatic rings. The van der Waals surface area contributed by atoms with Crippen LogP contribution < -0.4 is 14.8 Å². The number of rotatable bonds is 5. The van der Waals surface area contributed by atoms with Crippen molar-refractivity contribution in [1.82, 2.24) is 10.2 Å². The Morgan fingerprint density at radius 2 is 2.04 bits per heavy atom. The summed E-state index contributed by atoms with van der Waals surface area (Å²) in [4.78, 5) is 25.6. The fourth-order valence-electron chi connectivity index (χ4n) is 3.06. The number of methoxy groups -OCH3 is 2. The molecule has 1 heterocycles. The number of ether oxygens (including phenoxy) is 2. The van der Waals surface area contributed by atoms with Crippen molar-refractivity contribution in [3.05, 3.63) is 23.8 Å². The van der Waals surface area contributed by atoms with Crippen LogP contribution >= 0.6 is 0 Å². The number of hydrogen-bond acceptors (Lipinski definition) is 4. The van der Waals surface area contributed by atoms with Crippen molar-refractivity contribution in [3.8, 4) is 11.5 Å². The lowest BCUT2D eigenvalue weighted by atomic mass is 10.0. The molecule has 2 rings (SSSR count). The molecule has 23 heavy (non-hydrogen) atoms. The Morgan fingerprint density at radius 1 is 1.30 bits per heavy atom. The van der Waals surface area contributed by atoms with E-state index in [0.717, 1.165) is 18.4 Å². The van der Waals surface area contributed by atoms with Gasteiger partial charge in [-0.15, -0.1) is 0 Å². The van der Waals surface area contributed by atoms with Gasteiger partial charge >= 0.3 is 0 Å². The van der Waals surface area contributed by atoms with Gasteiger partial charge in [0.05, 0.1) is 20.3 Å². The molecule has 2 unspecified atom stereocenters. The summed E-state index contributed by atoms with van der Waals surface area (Å²) in [6.45, 7) is 3.81. The van der Waals surface area contributed by atoms with Crippen molar-refractivity contribution < 1.29 is 19.1 Å². The van der Waals surface area contributed by atoms with Crippen LogP contribution in [0.15, 0.2) is 18.2 Å². The summed E-state index contributed by atoms with van der Waals surface area (Å²) < 4.78 is 10.7. The number of hydrogen-bond donors (Lipinski definition) is 1. The summed E-state index contributed by atoms with van der Waals surface area (Å²) in [6, 6.07) is 5.07. The molecule has 2 atom stereocenters. The zero-order valence-corrected chi connectivity index (χ0v) is 14.1. The van der Waals surface area contributed by atoms with Gasteiger partial charge in [0.15, 0.2) is 0 Å². The van der Waals surface area contributed by atoms with Gasteiger partial charge in [-0.05, 0) is 31.9 Å². The molecule has 0 bridgehead atoms. The van der Waals surface area contributed by atoms with Gasteiger partial charge in [-0.1, -0.05) is 0 Å². The predicted octanol–water partition coefficient (Wildman–Crippen LogP) is 1.89. The molecule has 0 spiro atoms. The van der Waals surface area contributed by atoms with E-state index in [0.29, 0.717) is 18.0 Å². The average molecular weight is 320 g/mol. The van der Waals surface area contributed by atoms with Gasteiger partial charge in [-0.2, -0.15) is 0 Å². The fraction of sp³-hybridized carbons (Fsp3) is 0.529. The van der Waals surface area contributed by atoms with Gasteiger partial charge in [0.1, 0.15) is 17.5 Å². The van der Waals surface area contributed by atoms with E-state index in [-0.39, 0.29) is 17.9 Å². The first-order valence-electron chi connectivity index (χ1n) is 7.77. The van der Waals surface area contributed by atoms with Gasteiger partial charge in [-0.25, -0.2) is 0 Å². The van der Waals surface area contributed by atoms with Crippen molar-refractivity contribution >= 4 is 11.8 Å². The van der Waals surface area contributed by atoms with Crippen LogP contribution in [0, 0.1) is 0 Å². The van der Waals surface area contributed by atoms with Crippen molar-refractivity contribution in [2.45, 2.75) is 38.8 Å². The molecule has 0 radical (unpaired) electrons. The highest BCUT2D eigenvalue weighted by Gasteiger charge is 2.34. The first-order chi connectivity index (χ1) is 11.0. The van der Waals surface area contributed by atoms with Crippen molar-refractivity contribution in [3.63, 3.8) is 0 Å². The lowest BCUT2D eigenvalue weighted by Crippen LogP contribution is -2.46. The Kier molecular flexibility index (Phi) is 5.47. The van der Waals surface area contributed by atoms with Gasteiger partial charge in [0.25, 0.3) is 0 Å². The molecular formula is C17H24N2O4. The van der Waals surface area contributed by atoms with E-state index in [2.05, 4.69) is 5.32 Å². The van der Waals surface area contributed by atoms with E-state index in [1.165, 1.54) is 6.92 Å². The van der Waals surface area contributed by atoms with Crippen LogP contribution in [0.2, 0.25) is 0 Å². The Hall–Kier alpha value is -2.24. The quantitative estimate of drug-likeness (QED) is 0.899. The molecule has 6 heteroatoms. The zero-order valence-electron chi connectivity index (χ0n) is 14.1. The maximum Gasteiger partial charge on any atom is 0.245 e. The second kappa shape index (κ2) is 7.35. The minimum atomic E-state index is -0.530. The maximum absolute atomic E-state index is 12.6. The predicted molar refractivity (Wildman–Crippen MR) is 86.5 cm³/mol. The molecule has 0 aliphatic carbocycles. The molecule has 1 aliphatic heterocycles. The Bertz CT molecular complexity index is 588. The second-order valence-electron chi connectivity index (χ2n) is 5.72. The van der Waals surface area contributed by atoms with Crippen LogP contribution in [0.3, 0.4) is 0 Å². The number of amides is 2. The summed E-state index contributed by atoms with van der Waals surface area (Å²) in [5, 5.41) is 2.66. The van der Waals surface area contributed by atoms with Gasteiger partial charge in [0, 0.05) is 25.1 Å². The topological polar surface area (TPSA) is 67.9 Å². The molecule has 1 fully saturated rings. The molecule has 1 N–H and O–H groups in total. The summed E-state index contributed by atoms with van der Waals surface area (Å²) in [7, 11) is 3.22. The second-order valence-corrected chi connectivity index (χ2v) is 5.72. The molecule has 1 aromatic rings. The number of nitrogens with one attached hydrogen (secondary N) is 1. The number of benzene rings is 1. The van der Waals surface area contributed by atoms with Crippen LogP contribution in [0.5, 0.6) is 11.5 Å². The molecule has 126 valence electrons. The first-order valence-corrected chi connectivity index (χ1v) is 7.77. The fourth-order valence-corrected chi connectivity index (χ4v) is 3.06. The van der Waals surface area contributed by atoms with Crippen molar-refractivity contribution in [2.75, 3.05) is 20.8 Å². The van der Waals surface area contributed by atoms with E-state index in [4.69, 9.17) is 9.47 Å². The molecule has 1 aromatic carbocycles. The average Bonchev–Trinajstić information content (AvgIpc) is 3.01. The first kappa shape index (κ1) is 17.1. The van der Waals surface area contributed by atoms with Crippen LogP contribution in [0.25, 0.3) is 0 Å². The smallest absolute Gasteiger partial charge is 0.245 e. The Balaban J connectivity index is 2.25. The highest BCUT2D eigenvalue weighted by Crippen LogP contribution is 2.38. The molecule has 2 amide bonds. The summed E-state index contributed by atoms with van der Waals surface area (Å²) in [5.74, 6) is 1.15. The molecular weight excluding hydrogens is 296 g/mol. The van der Waals surface area contributed by atoms with Crippen LogP contribution in [0.4, 0.5) is 0 Å². The van der Waals surface area contributed by atoms with Gasteiger partial charge in [-0.3, -0.25) is 9.59 Å². The molecule has 0 saturated carbocycles. The van der Waals surface area contributed by atoms with Crippen molar-refractivity contribution in [2.24, 2.45) is 0 Å². The number of carbonyl (C=O) groups is 2.